The second-order valence-electron chi connectivity index (χ2n) is 7.37. The van der Waals surface area contributed by atoms with Crippen LogP contribution in [-0.4, -0.2) is 32.2 Å². The summed E-state index contributed by atoms with van der Waals surface area (Å²) < 4.78 is 26.4. The quantitative estimate of drug-likeness (QED) is 0.494. The lowest BCUT2D eigenvalue weighted by Gasteiger charge is -2.17. The molecular weight excluding hydrogens is 428 g/mol. The van der Waals surface area contributed by atoms with Gasteiger partial charge in [-0.1, -0.05) is 48.0 Å². The molecule has 1 N–H and O–H groups in total. The number of likely N-dealkylation sites (N-methyl/N-ethyl adjacent to an activating group) is 1. The number of hydrogen-bond acceptors (Lipinski definition) is 4. The summed E-state index contributed by atoms with van der Waals surface area (Å²) >= 11 is 1.75. The normalized spacial score (nSPS) is 11.5. The Kier molecular flexibility index (Phi) is 7.54. The van der Waals surface area contributed by atoms with Crippen molar-refractivity contribution in [3.05, 3.63) is 89.5 Å². The number of thioether (sulfide) groups is 1. The van der Waals surface area contributed by atoms with E-state index in [9.17, 15) is 13.2 Å². The predicted octanol–water partition coefficient (Wildman–Crippen LogP) is 4.85. The minimum Gasteiger partial charge on any atom is -0.325 e. The van der Waals surface area contributed by atoms with Crippen LogP contribution in [0.1, 0.15) is 16.7 Å². The third-order valence-electron chi connectivity index (χ3n) is 4.81. The van der Waals surface area contributed by atoms with E-state index in [1.54, 1.807) is 36.0 Å². The molecule has 0 spiro atoms. The Morgan fingerprint density at radius 2 is 1.65 bits per heavy atom. The molecule has 0 bridgehead atoms. The Balaban J connectivity index is 1.60. The first-order valence-electron chi connectivity index (χ1n) is 9.86. The van der Waals surface area contributed by atoms with Crippen molar-refractivity contribution >= 4 is 33.4 Å². The van der Waals surface area contributed by atoms with E-state index in [0.717, 1.165) is 26.7 Å². The molecule has 0 aliphatic rings. The number of nitrogens with zero attached hydrogens (tertiary/aromatic N) is 1. The first kappa shape index (κ1) is 23.1. The summed E-state index contributed by atoms with van der Waals surface area (Å²) in [5, 5.41) is 2.82. The molecule has 0 aliphatic heterocycles. The van der Waals surface area contributed by atoms with Gasteiger partial charge in [0, 0.05) is 23.4 Å². The summed E-state index contributed by atoms with van der Waals surface area (Å²) in [4.78, 5) is 13.9. The smallest absolute Gasteiger partial charge is 0.243 e. The molecule has 0 saturated heterocycles. The van der Waals surface area contributed by atoms with Gasteiger partial charge in [0.05, 0.1) is 11.4 Å². The molecule has 0 atom stereocenters. The molecule has 0 heterocycles. The molecule has 162 valence electrons. The summed E-state index contributed by atoms with van der Waals surface area (Å²) in [6.07, 6.45) is 0. The van der Waals surface area contributed by atoms with E-state index in [1.807, 2.05) is 50.2 Å². The molecule has 0 aromatic heterocycles. The van der Waals surface area contributed by atoms with Crippen LogP contribution in [0, 0.1) is 13.8 Å². The van der Waals surface area contributed by atoms with Crippen molar-refractivity contribution in [1.29, 1.82) is 0 Å². The van der Waals surface area contributed by atoms with Gasteiger partial charge < -0.3 is 5.32 Å². The second-order valence-corrected chi connectivity index (χ2v) is 10.5. The van der Waals surface area contributed by atoms with E-state index in [2.05, 4.69) is 17.4 Å². The average molecular weight is 455 g/mol. The predicted molar refractivity (Wildman–Crippen MR) is 127 cm³/mol. The maximum absolute atomic E-state index is 12.7. The molecule has 0 radical (unpaired) electrons. The number of sulfonamides is 1. The standard InChI is InChI=1S/C24H26N2O3S2/c1-18-9-12-22(13-10-18)31(28,29)26(3)16-24(27)25-23-14-11-20(15-19(23)2)17-30-21-7-5-4-6-8-21/h4-15H,16-17H2,1-3H3,(H,25,27). The number of anilines is 1. The van der Waals surface area contributed by atoms with Crippen molar-refractivity contribution in [2.24, 2.45) is 0 Å². The zero-order valence-electron chi connectivity index (χ0n) is 17.8. The summed E-state index contributed by atoms with van der Waals surface area (Å²) in [6.45, 7) is 3.56. The van der Waals surface area contributed by atoms with Crippen molar-refractivity contribution in [2.75, 3.05) is 18.9 Å². The molecule has 31 heavy (non-hydrogen) atoms. The van der Waals surface area contributed by atoms with Gasteiger partial charge >= 0.3 is 0 Å². The minimum atomic E-state index is -3.72. The Labute approximate surface area is 188 Å². The average Bonchev–Trinajstić information content (AvgIpc) is 2.75. The molecule has 3 aromatic rings. The highest BCUT2D eigenvalue weighted by Gasteiger charge is 2.23. The Bertz CT molecular complexity index is 1150. The summed E-state index contributed by atoms with van der Waals surface area (Å²) in [5.41, 5.74) is 3.74. The molecule has 0 fully saturated rings. The van der Waals surface area contributed by atoms with Gasteiger partial charge in [0.25, 0.3) is 0 Å². The topological polar surface area (TPSA) is 66.5 Å². The highest BCUT2D eigenvalue weighted by Crippen LogP contribution is 2.25. The zero-order chi connectivity index (χ0) is 22.4. The summed E-state index contributed by atoms with van der Waals surface area (Å²) in [6, 6.07) is 22.6. The van der Waals surface area contributed by atoms with E-state index in [1.165, 1.54) is 11.9 Å². The number of rotatable bonds is 8. The van der Waals surface area contributed by atoms with Crippen molar-refractivity contribution in [3.8, 4) is 0 Å². The van der Waals surface area contributed by atoms with Crippen molar-refractivity contribution in [1.82, 2.24) is 4.31 Å². The highest BCUT2D eigenvalue weighted by molar-refractivity contribution is 7.98. The van der Waals surface area contributed by atoms with Gasteiger partial charge in [0.2, 0.25) is 15.9 Å². The van der Waals surface area contributed by atoms with Crippen LogP contribution in [0.15, 0.2) is 82.6 Å². The number of amides is 1. The number of hydrogen-bond donors (Lipinski definition) is 1. The number of carbonyl (C=O) groups excluding carboxylic acids is 1. The van der Waals surface area contributed by atoms with Crippen LogP contribution in [0.4, 0.5) is 5.69 Å². The van der Waals surface area contributed by atoms with Crippen molar-refractivity contribution < 1.29 is 13.2 Å². The number of aryl methyl sites for hydroxylation is 2. The van der Waals surface area contributed by atoms with Crippen LogP contribution in [0.2, 0.25) is 0 Å². The van der Waals surface area contributed by atoms with Crippen LogP contribution in [-0.2, 0) is 20.6 Å². The van der Waals surface area contributed by atoms with Crippen molar-refractivity contribution in [2.45, 2.75) is 29.4 Å². The maximum atomic E-state index is 12.7. The third kappa shape index (κ3) is 6.19. The SMILES string of the molecule is Cc1ccc(S(=O)(=O)N(C)CC(=O)Nc2ccc(CSc3ccccc3)cc2C)cc1. The fourth-order valence-electron chi connectivity index (χ4n) is 3.01. The molecule has 0 aliphatic carbocycles. The van der Waals surface area contributed by atoms with Crippen LogP contribution in [0.5, 0.6) is 0 Å². The van der Waals surface area contributed by atoms with E-state index in [4.69, 9.17) is 0 Å². The summed E-state index contributed by atoms with van der Waals surface area (Å²) in [5.74, 6) is 0.448. The molecule has 1 amide bonds. The molecule has 0 saturated carbocycles. The molecular formula is C24H26N2O3S2. The fraction of sp³-hybridized carbons (Fsp3) is 0.208. The van der Waals surface area contributed by atoms with E-state index >= 15 is 0 Å². The second kappa shape index (κ2) is 10.1. The minimum absolute atomic E-state index is 0.171. The van der Waals surface area contributed by atoms with E-state index in [0.29, 0.717) is 5.69 Å². The lowest BCUT2D eigenvalue weighted by molar-refractivity contribution is -0.116. The Morgan fingerprint density at radius 3 is 2.29 bits per heavy atom. The monoisotopic (exact) mass is 454 g/mol. The zero-order valence-corrected chi connectivity index (χ0v) is 19.5. The van der Waals surface area contributed by atoms with E-state index < -0.39 is 10.0 Å². The number of carbonyl (C=O) groups is 1. The van der Waals surface area contributed by atoms with Gasteiger partial charge in [-0.2, -0.15) is 4.31 Å². The van der Waals surface area contributed by atoms with Gasteiger partial charge in [-0.15, -0.1) is 11.8 Å². The lowest BCUT2D eigenvalue weighted by Crippen LogP contribution is -2.35. The van der Waals surface area contributed by atoms with Gasteiger partial charge in [-0.05, 0) is 55.3 Å². The van der Waals surface area contributed by atoms with Crippen LogP contribution < -0.4 is 5.32 Å². The van der Waals surface area contributed by atoms with Gasteiger partial charge in [-0.3, -0.25) is 4.79 Å². The summed E-state index contributed by atoms with van der Waals surface area (Å²) in [7, 11) is -2.32. The number of benzene rings is 3. The van der Waals surface area contributed by atoms with Crippen LogP contribution in [0.25, 0.3) is 0 Å². The van der Waals surface area contributed by atoms with Crippen molar-refractivity contribution in [3.63, 3.8) is 0 Å². The number of nitrogens with one attached hydrogen (secondary N) is 1. The molecule has 3 rings (SSSR count). The van der Waals surface area contributed by atoms with Crippen LogP contribution >= 0.6 is 11.8 Å². The Morgan fingerprint density at radius 1 is 0.968 bits per heavy atom. The lowest BCUT2D eigenvalue weighted by atomic mass is 10.1. The van der Waals surface area contributed by atoms with Gasteiger partial charge in [0.15, 0.2) is 0 Å². The molecule has 3 aromatic carbocycles. The molecule has 7 heteroatoms. The van der Waals surface area contributed by atoms with Gasteiger partial charge in [0.1, 0.15) is 0 Å². The molecule has 0 unspecified atom stereocenters. The molecule has 5 nitrogen and oxygen atoms in total. The maximum Gasteiger partial charge on any atom is 0.243 e. The first-order chi connectivity index (χ1) is 14.8. The van der Waals surface area contributed by atoms with E-state index in [-0.39, 0.29) is 17.3 Å². The highest BCUT2D eigenvalue weighted by atomic mass is 32.2. The Hall–Kier alpha value is -2.61. The van der Waals surface area contributed by atoms with Gasteiger partial charge in [-0.25, -0.2) is 8.42 Å². The third-order valence-corrected chi connectivity index (χ3v) is 7.71. The van der Waals surface area contributed by atoms with Crippen LogP contribution in [0.3, 0.4) is 0 Å². The first-order valence-corrected chi connectivity index (χ1v) is 12.3. The largest absolute Gasteiger partial charge is 0.325 e. The fourth-order valence-corrected chi connectivity index (χ4v) is 5.00.